The molecule has 0 saturated carbocycles. The van der Waals surface area contributed by atoms with Crippen LogP contribution in [0.1, 0.15) is 13.3 Å². The molecule has 0 aliphatic carbocycles. The van der Waals surface area contributed by atoms with Gasteiger partial charge in [0.25, 0.3) is 0 Å². The van der Waals surface area contributed by atoms with Crippen molar-refractivity contribution in [2.75, 3.05) is 7.11 Å². The second kappa shape index (κ2) is 2.80. The molecule has 0 fully saturated rings. The van der Waals surface area contributed by atoms with Crippen LogP contribution in [-0.4, -0.2) is 29.1 Å². The van der Waals surface area contributed by atoms with Crippen molar-refractivity contribution < 1.29 is 19.7 Å². The summed E-state index contributed by atoms with van der Waals surface area (Å²) in [6, 6.07) is 0. The van der Waals surface area contributed by atoms with Gasteiger partial charge in [0.2, 0.25) is 0 Å². The molecule has 54 valence electrons. The van der Waals surface area contributed by atoms with Gasteiger partial charge in [-0.3, -0.25) is 4.79 Å². The maximum absolute atomic E-state index is 10.3. The summed E-state index contributed by atoms with van der Waals surface area (Å²) in [5.74, 6) is -2.59. The minimum absolute atomic E-state index is 0.399. The van der Waals surface area contributed by atoms with E-state index in [1.165, 1.54) is 7.11 Å². The van der Waals surface area contributed by atoms with Gasteiger partial charge in [-0.25, -0.2) is 0 Å². The lowest BCUT2D eigenvalue weighted by Crippen LogP contribution is -2.27. The summed E-state index contributed by atoms with van der Waals surface area (Å²) >= 11 is 0. The summed E-state index contributed by atoms with van der Waals surface area (Å²) in [7, 11) is 1.19. The van der Waals surface area contributed by atoms with Crippen molar-refractivity contribution >= 4 is 5.97 Å². The van der Waals surface area contributed by atoms with Gasteiger partial charge in [-0.2, -0.15) is 0 Å². The molecular weight excluding hydrogens is 124 g/mol. The first-order chi connectivity index (χ1) is 3.95. The van der Waals surface area contributed by atoms with Crippen molar-refractivity contribution in [3.05, 3.63) is 0 Å². The molecule has 0 aromatic heterocycles. The standard InChI is InChI=1S/C5H10O4/c1-5(7,8)3-4(6)9-2/h7-8H,3H2,1-2H3. The second-order valence-electron chi connectivity index (χ2n) is 1.97. The molecule has 0 aliphatic rings. The molecule has 0 amide bonds. The largest absolute Gasteiger partial charge is 0.469 e. The lowest BCUT2D eigenvalue weighted by molar-refractivity contribution is -0.174. The smallest absolute Gasteiger partial charge is 0.310 e. The van der Waals surface area contributed by atoms with E-state index in [-0.39, 0.29) is 0 Å². The van der Waals surface area contributed by atoms with Crippen LogP contribution in [0.2, 0.25) is 0 Å². The van der Waals surface area contributed by atoms with Crippen LogP contribution >= 0.6 is 0 Å². The van der Waals surface area contributed by atoms with Gasteiger partial charge in [0, 0.05) is 0 Å². The molecule has 0 rings (SSSR count). The highest BCUT2D eigenvalue weighted by molar-refractivity contribution is 5.69. The van der Waals surface area contributed by atoms with Crippen molar-refractivity contribution in [3.8, 4) is 0 Å². The Kier molecular flexibility index (Phi) is 2.61. The number of methoxy groups -OCH3 is 1. The normalized spacial score (nSPS) is 11.1. The van der Waals surface area contributed by atoms with Gasteiger partial charge in [-0.15, -0.1) is 0 Å². The molecule has 0 unspecified atom stereocenters. The van der Waals surface area contributed by atoms with Crippen LogP contribution in [-0.2, 0) is 9.53 Å². The zero-order chi connectivity index (χ0) is 7.49. The van der Waals surface area contributed by atoms with Crippen molar-refractivity contribution in [1.82, 2.24) is 0 Å². The van der Waals surface area contributed by atoms with E-state index >= 15 is 0 Å². The van der Waals surface area contributed by atoms with E-state index in [4.69, 9.17) is 10.2 Å². The average Bonchev–Trinajstić information content (AvgIpc) is 1.62. The van der Waals surface area contributed by atoms with Gasteiger partial charge >= 0.3 is 5.97 Å². The third-order valence-corrected chi connectivity index (χ3v) is 0.707. The number of aliphatic hydroxyl groups is 2. The van der Waals surface area contributed by atoms with E-state index in [2.05, 4.69) is 4.74 Å². The van der Waals surface area contributed by atoms with Crippen LogP contribution in [0, 0.1) is 0 Å². The molecule has 4 heteroatoms. The Morgan fingerprint density at radius 1 is 1.67 bits per heavy atom. The van der Waals surface area contributed by atoms with Crippen molar-refractivity contribution in [3.63, 3.8) is 0 Å². The highest BCUT2D eigenvalue weighted by Gasteiger charge is 2.20. The van der Waals surface area contributed by atoms with Crippen LogP contribution in [0.25, 0.3) is 0 Å². The summed E-state index contributed by atoms with van der Waals surface area (Å²) in [5.41, 5.74) is 0. The van der Waals surface area contributed by atoms with Gasteiger partial charge in [-0.1, -0.05) is 0 Å². The molecule has 0 radical (unpaired) electrons. The van der Waals surface area contributed by atoms with Gasteiger partial charge in [0.1, 0.15) is 0 Å². The van der Waals surface area contributed by atoms with E-state index < -0.39 is 18.2 Å². The fourth-order valence-corrected chi connectivity index (χ4v) is 0.346. The molecule has 0 atom stereocenters. The van der Waals surface area contributed by atoms with E-state index in [0.717, 1.165) is 6.92 Å². The van der Waals surface area contributed by atoms with Gasteiger partial charge < -0.3 is 14.9 Å². The monoisotopic (exact) mass is 134 g/mol. The third kappa shape index (κ3) is 5.26. The number of hydrogen-bond acceptors (Lipinski definition) is 4. The van der Waals surface area contributed by atoms with E-state index in [9.17, 15) is 4.79 Å². The van der Waals surface area contributed by atoms with Crippen LogP contribution < -0.4 is 0 Å². The van der Waals surface area contributed by atoms with Crippen LogP contribution in [0.3, 0.4) is 0 Å². The van der Waals surface area contributed by atoms with Gasteiger partial charge in [0.05, 0.1) is 13.5 Å². The molecule has 0 spiro atoms. The van der Waals surface area contributed by atoms with E-state index in [0.29, 0.717) is 0 Å². The molecule has 0 heterocycles. The second-order valence-corrected chi connectivity index (χ2v) is 1.97. The number of rotatable bonds is 2. The minimum atomic E-state index is -1.95. The minimum Gasteiger partial charge on any atom is -0.469 e. The average molecular weight is 134 g/mol. The quantitative estimate of drug-likeness (QED) is 0.385. The Morgan fingerprint density at radius 3 is 2.22 bits per heavy atom. The number of esters is 1. The first-order valence-electron chi connectivity index (χ1n) is 2.47. The van der Waals surface area contributed by atoms with Crippen LogP contribution in [0.15, 0.2) is 0 Å². The molecule has 0 saturated heterocycles. The van der Waals surface area contributed by atoms with Crippen molar-refractivity contribution in [2.45, 2.75) is 19.1 Å². The molecule has 0 aliphatic heterocycles. The summed E-state index contributed by atoms with van der Waals surface area (Å²) < 4.78 is 4.17. The Hall–Kier alpha value is -0.610. The molecule has 9 heavy (non-hydrogen) atoms. The van der Waals surface area contributed by atoms with Crippen LogP contribution in [0.4, 0.5) is 0 Å². The molecule has 4 nitrogen and oxygen atoms in total. The lowest BCUT2D eigenvalue weighted by atomic mass is 10.2. The maximum atomic E-state index is 10.3. The first-order valence-corrected chi connectivity index (χ1v) is 2.47. The predicted molar refractivity (Wildman–Crippen MR) is 29.5 cm³/mol. The third-order valence-electron chi connectivity index (χ3n) is 0.707. The zero-order valence-corrected chi connectivity index (χ0v) is 5.42. The maximum Gasteiger partial charge on any atom is 0.310 e. The van der Waals surface area contributed by atoms with Crippen LogP contribution in [0.5, 0.6) is 0 Å². The van der Waals surface area contributed by atoms with Crippen molar-refractivity contribution in [1.29, 1.82) is 0 Å². The molecule has 2 N–H and O–H groups in total. The Morgan fingerprint density at radius 2 is 2.11 bits per heavy atom. The summed E-state index contributed by atoms with van der Waals surface area (Å²) in [5, 5.41) is 17.1. The Labute approximate surface area is 53.1 Å². The Bertz CT molecular complexity index is 102. The van der Waals surface area contributed by atoms with Gasteiger partial charge in [-0.05, 0) is 6.92 Å². The number of carbonyl (C=O) groups is 1. The molecular formula is C5H10O4. The predicted octanol–water partition coefficient (Wildman–Crippen LogP) is -0.750. The molecule has 0 aromatic carbocycles. The fourth-order valence-electron chi connectivity index (χ4n) is 0.346. The Balaban J connectivity index is 3.60. The summed E-state index contributed by atoms with van der Waals surface area (Å²) in [4.78, 5) is 10.3. The van der Waals surface area contributed by atoms with E-state index in [1.54, 1.807) is 0 Å². The fraction of sp³-hybridized carbons (Fsp3) is 0.800. The molecule has 0 bridgehead atoms. The number of ether oxygens (including phenoxy) is 1. The molecule has 0 aromatic rings. The summed E-state index contributed by atoms with van der Waals surface area (Å²) in [6.07, 6.45) is -0.399. The lowest BCUT2D eigenvalue weighted by Gasteiger charge is -2.12. The number of carbonyl (C=O) groups excluding carboxylic acids is 1. The topological polar surface area (TPSA) is 66.8 Å². The first kappa shape index (κ1) is 8.39. The SMILES string of the molecule is COC(=O)CC(C)(O)O. The van der Waals surface area contributed by atoms with Gasteiger partial charge in [0.15, 0.2) is 5.79 Å². The van der Waals surface area contributed by atoms with Crippen molar-refractivity contribution in [2.24, 2.45) is 0 Å². The zero-order valence-electron chi connectivity index (χ0n) is 5.42. The summed E-state index contributed by atoms with van der Waals surface area (Å²) in [6.45, 7) is 1.12. The highest BCUT2D eigenvalue weighted by Crippen LogP contribution is 2.03. The highest BCUT2D eigenvalue weighted by atomic mass is 16.5. The number of hydrogen-bond donors (Lipinski definition) is 2. The van der Waals surface area contributed by atoms with E-state index in [1.807, 2.05) is 0 Å².